The minimum Gasteiger partial charge on any atom is -0.339 e. The van der Waals surface area contributed by atoms with Gasteiger partial charge in [0.1, 0.15) is 10.3 Å². The van der Waals surface area contributed by atoms with Crippen molar-refractivity contribution in [2.24, 2.45) is 5.92 Å². The molecule has 0 aliphatic carbocycles. The number of thiophene rings is 1. The number of sulfonamides is 1. The predicted octanol–water partition coefficient (Wildman–Crippen LogP) is 1.71. The first-order valence-electron chi connectivity index (χ1n) is 8.30. The lowest BCUT2D eigenvalue weighted by Crippen LogP contribution is -2.54. The Kier molecular flexibility index (Phi) is 7.05. The Balaban J connectivity index is 1.94. The van der Waals surface area contributed by atoms with Crippen LogP contribution in [0.5, 0.6) is 0 Å². The third kappa shape index (κ3) is 4.75. The Morgan fingerprint density at radius 3 is 2.42 bits per heavy atom. The molecule has 1 aliphatic rings. The highest BCUT2D eigenvalue weighted by Crippen LogP contribution is 2.27. The number of hydrogen-bond acceptors (Lipinski definition) is 6. The molecule has 0 radical (unpaired) electrons. The van der Waals surface area contributed by atoms with Gasteiger partial charge in [-0.2, -0.15) is 9.57 Å². The van der Waals surface area contributed by atoms with Crippen molar-refractivity contribution in [2.45, 2.75) is 24.1 Å². The number of piperazine rings is 1. The molecule has 10 heteroatoms. The summed E-state index contributed by atoms with van der Waals surface area (Å²) < 4.78 is 26.5. The van der Waals surface area contributed by atoms with E-state index in [1.807, 2.05) is 13.8 Å². The van der Waals surface area contributed by atoms with Gasteiger partial charge < -0.3 is 4.90 Å². The van der Waals surface area contributed by atoms with Gasteiger partial charge in [0.2, 0.25) is 5.91 Å². The lowest BCUT2D eigenvalue weighted by molar-refractivity contribution is -0.133. The van der Waals surface area contributed by atoms with Crippen LogP contribution in [0.1, 0.15) is 13.8 Å². The van der Waals surface area contributed by atoms with Crippen LogP contribution in [0.3, 0.4) is 0 Å². The molecule has 0 spiro atoms. The van der Waals surface area contributed by atoms with Crippen molar-refractivity contribution in [1.82, 2.24) is 14.1 Å². The monoisotopic (exact) mass is 418 g/mol. The van der Waals surface area contributed by atoms with Gasteiger partial charge in [-0.05, 0) is 18.1 Å². The van der Waals surface area contributed by atoms with Crippen molar-refractivity contribution >= 4 is 38.9 Å². The normalized spacial score (nSPS) is 17.5. The highest BCUT2D eigenvalue weighted by molar-refractivity contribution is 7.91. The Hall–Kier alpha value is -1.18. The molecule has 1 saturated heterocycles. The van der Waals surface area contributed by atoms with Crippen LogP contribution >= 0.6 is 22.9 Å². The summed E-state index contributed by atoms with van der Waals surface area (Å²) in [5.74, 6) is -0.0208. The smallest absolute Gasteiger partial charge is 0.252 e. The van der Waals surface area contributed by atoms with Crippen molar-refractivity contribution in [3.05, 3.63) is 16.5 Å². The number of halogens is 1. The van der Waals surface area contributed by atoms with Gasteiger partial charge in [0.15, 0.2) is 0 Å². The summed E-state index contributed by atoms with van der Waals surface area (Å²) in [6.45, 7) is 5.98. The fraction of sp³-hybridized carbons (Fsp3) is 0.625. The second-order valence-corrected chi connectivity index (χ2v) is 10.5. The summed E-state index contributed by atoms with van der Waals surface area (Å²) in [7, 11) is -2.33. The average Bonchev–Trinajstić information content (AvgIpc) is 3.03. The van der Waals surface area contributed by atoms with E-state index in [2.05, 4.69) is 11.0 Å². The Bertz CT molecular complexity index is 780. The van der Waals surface area contributed by atoms with Gasteiger partial charge >= 0.3 is 0 Å². The molecule has 1 aromatic heterocycles. The van der Waals surface area contributed by atoms with E-state index in [0.717, 1.165) is 15.6 Å². The Labute approximate surface area is 163 Å². The minimum atomic E-state index is -3.72. The van der Waals surface area contributed by atoms with Crippen LogP contribution in [-0.2, 0) is 14.8 Å². The van der Waals surface area contributed by atoms with E-state index >= 15 is 0 Å². The highest BCUT2D eigenvalue weighted by Gasteiger charge is 2.30. The number of nitriles is 1. The summed E-state index contributed by atoms with van der Waals surface area (Å²) >= 11 is 6.77. The summed E-state index contributed by atoms with van der Waals surface area (Å²) in [5, 5.41) is 9.29. The molecular weight excluding hydrogens is 396 g/mol. The van der Waals surface area contributed by atoms with Crippen molar-refractivity contribution < 1.29 is 13.2 Å². The third-order valence-electron chi connectivity index (χ3n) is 4.40. The van der Waals surface area contributed by atoms with Crippen LogP contribution in [0, 0.1) is 17.2 Å². The van der Waals surface area contributed by atoms with Crippen LogP contribution in [-0.4, -0.2) is 74.2 Å². The molecule has 26 heavy (non-hydrogen) atoms. The van der Waals surface area contributed by atoms with E-state index in [-0.39, 0.29) is 28.6 Å². The summed E-state index contributed by atoms with van der Waals surface area (Å²) in [6, 6.07) is 5.11. The second kappa shape index (κ2) is 8.67. The standard InChI is InChI=1S/C16H23ClN4O3S2/c1-12(2)13(10-18)20-6-8-21(9-7-20)15(22)11-19(3)26(23,24)16-5-4-14(17)25-16/h4-5,12-13H,6-9,11H2,1-3H3. The van der Waals surface area contributed by atoms with Crippen LogP contribution < -0.4 is 0 Å². The SMILES string of the molecule is CC(C)C(C#N)N1CCN(C(=O)CN(C)S(=O)(=O)c2ccc(Cl)s2)CC1. The van der Waals surface area contributed by atoms with Crippen LogP contribution in [0.2, 0.25) is 4.34 Å². The second-order valence-electron chi connectivity index (χ2n) is 6.55. The van der Waals surface area contributed by atoms with E-state index in [4.69, 9.17) is 11.6 Å². The van der Waals surface area contributed by atoms with Crippen LogP contribution in [0.4, 0.5) is 0 Å². The van der Waals surface area contributed by atoms with E-state index in [0.29, 0.717) is 30.5 Å². The molecule has 7 nitrogen and oxygen atoms in total. The Morgan fingerprint density at radius 1 is 1.35 bits per heavy atom. The zero-order chi connectivity index (χ0) is 19.5. The fourth-order valence-corrected chi connectivity index (χ4v) is 5.68. The van der Waals surface area contributed by atoms with E-state index < -0.39 is 10.0 Å². The number of nitrogens with zero attached hydrogens (tertiary/aromatic N) is 4. The minimum absolute atomic E-state index is 0.122. The number of carbonyl (C=O) groups is 1. The molecule has 2 heterocycles. The molecular formula is C16H23ClN4O3S2. The molecule has 0 saturated carbocycles. The molecule has 144 valence electrons. The number of likely N-dealkylation sites (N-methyl/N-ethyl adjacent to an activating group) is 1. The van der Waals surface area contributed by atoms with E-state index in [1.165, 1.54) is 19.2 Å². The molecule has 2 rings (SSSR count). The van der Waals surface area contributed by atoms with Crippen molar-refractivity contribution in [1.29, 1.82) is 5.26 Å². The summed E-state index contributed by atoms with van der Waals surface area (Å²) in [6.07, 6.45) is 0. The lowest BCUT2D eigenvalue weighted by Gasteiger charge is -2.38. The molecule has 0 N–H and O–H groups in total. The maximum atomic E-state index is 12.5. The average molecular weight is 419 g/mol. The molecule has 0 bridgehead atoms. The predicted molar refractivity (Wildman–Crippen MR) is 102 cm³/mol. The largest absolute Gasteiger partial charge is 0.339 e. The quantitative estimate of drug-likeness (QED) is 0.702. The summed E-state index contributed by atoms with van der Waals surface area (Å²) in [4.78, 5) is 16.2. The highest BCUT2D eigenvalue weighted by atomic mass is 35.5. The zero-order valence-corrected chi connectivity index (χ0v) is 17.4. The van der Waals surface area contributed by atoms with Crippen molar-refractivity contribution in [3.63, 3.8) is 0 Å². The van der Waals surface area contributed by atoms with Crippen molar-refractivity contribution in [3.8, 4) is 6.07 Å². The number of amides is 1. The van der Waals surface area contributed by atoms with Gasteiger partial charge in [-0.15, -0.1) is 11.3 Å². The number of rotatable bonds is 6. The van der Waals surface area contributed by atoms with Gasteiger partial charge in [-0.3, -0.25) is 9.69 Å². The number of carbonyl (C=O) groups excluding carboxylic acids is 1. The molecule has 1 fully saturated rings. The first-order valence-corrected chi connectivity index (χ1v) is 10.9. The first kappa shape index (κ1) is 21.1. The van der Waals surface area contributed by atoms with Crippen molar-refractivity contribution in [2.75, 3.05) is 39.8 Å². The third-order valence-corrected chi connectivity index (χ3v) is 7.90. The molecule has 1 atom stereocenters. The first-order chi connectivity index (χ1) is 12.2. The van der Waals surface area contributed by atoms with Crippen LogP contribution in [0.15, 0.2) is 16.3 Å². The fourth-order valence-electron chi connectivity index (χ4n) is 2.87. The van der Waals surface area contributed by atoms with Gasteiger partial charge in [-0.25, -0.2) is 8.42 Å². The lowest BCUT2D eigenvalue weighted by atomic mass is 10.0. The zero-order valence-electron chi connectivity index (χ0n) is 15.1. The molecule has 1 aromatic rings. The molecule has 0 aromatic carbocycles. The van der Waals surface area contributed by atoms with E-state index in [1.54, 1.807) is 4.90 Å². The maximum Gasteiger partial charge on any atom is 0.252 e. The van der Waals surface area contributed by atoms with Gasteiger partial charge in [0.25, 0.3) is 10.0 Å². The maximum absolute atomic E-state index is 12.5. The van der Waals surface area contributed by atoms with Crippen LogP contribution in [0.25, 0.3) is 0 Å². The van der Waals surface area contributed by atoms with Gasteiger partial charge in [0.05, 0.1) is 17.0 Å². The van der Waals surface area contributed by atoms with E-state index in [9.17, 15) is 18.5 Å². The van der Waals surface area contributed by atoms with Gasteiger partial charge in [0, 0.05) is 33.2 Å². The molecule has 1 aliphatic heterocycles. The molecule has 1 unspecified atom stereocenters. The Morgan fingerprint density at radius 2 is 1.96 bits per heavy atom. The topological polar surface area (TPSA) is 84.7 Å². The van der Waals surface area contributed by atoms with Gasteiger partial charge in [-0.1, -0.05) is 25.4 Å². The molecule has 1 amide bonds. The summed E-state index contributed by atoms with van der Waals surface area (Å²) in [5.41, 5.74) is 0. The number of hydrogen-bond donors (Lipinski definition) is 0.